The SMILES string of the molecule is CN(CCCNC(=O)C1(c2ccccc2)CCOCC1)c1ccccc1F. The summed E-state index contributed by atoms with van der Waals surface area (Å²) in [7, 11) is 1.87. The molecular weight excluding hydrogens is 343 g/mol. The molecule has 0 spiro atoms. The van der Waals surface area contributed by atoms with Crippen LogP contribution in [0.2, 0.25) is 0 Å². The second kappa shape index (κ2) is 9.00. The molecule has 0 unspecified atom stereocenters. The Bertz CT molecular complexity index is 745. The molecule has 5 heteroatoms. The van der Waals surface area contributed by atoms with E-state index in [0.717, 1.165) is 12.0 Å². The van der Waals surface area contributed by atoms with Crippen molar-refractivity contribution in [1.82, 2.24) is 5.32 Å². The van der Waals surface area contributed by atoms with Crippen molar-refractivity contribution in [2.75, 3.05) is 38.3 Å². The van der Waals surface area contributed by atoms with Crippen LogP contribution in [0.4, 0.5) is 10.1 Å². The van der Waals surface area contributed by atoms with Crippen LogP contribution in [0, 0.1) is 5.82 Å². The van der Waals surface area contributed by atoms with Crippen LogP contribution in [0.15, 0.2) is 54.6 Å². The van der Waals surface area contributed by atoms with Crippen LogP contribution >= 0.6 is 0 Å². The summed E-state index contributed by atoms with van der Waals surface area (Å²) in [6.07, 6.45) is 2.13. The van der Waals surface area contributed by atoms with Gasteiger partial charge in [-0.3, -0.25) is 4.79 Å². The fraction of sp³-hybridized carbons (Fsp3) is 0.409. The third kappa shape index (κ3) is 4.48. The average molecular weight is 370 g/mol. The second-order valence-corrected chi connectivity index (χ2v) is 7.04. The zero-order chi connectivity index (χ0) is 19.1. The maximum Gasteiger partial charge on any atom is 0.230 e. The third-order valence-corrected chi connectivity index (χ3v) is 5.33. The molecule has 0 bridgehead atoms. The second-order valence-electron chi connectivity index (χ2n) is 7.04. The first kappa shape index (κ1) is 19.4. The van der Waals surface area contributed by atoms with Crippen LogP contribution in [0.1, 0.15) is 24.8 Å². The number of rotatable bonds is 7. The molecule has 2 aromatic rings. The number of amides is 1. The molecule has 1 fully saturated rings. The van der Waals surface area contributed by atoms with Gasteiger partial charge in [0.05, 0.1) is 11.1 Å². The van der Waals surface area contributed by atoms with Gasteiger partial charge in [-0.1, -0.05) is 42.5 Å². The largest absolute Gasteiger partial charge is 0.381 e. The van der Waals surface area contributed by atoms with Gasteiger partial charge in [-0.05, 0) is 37.0 Å². The first-order chi connectivity index (χ1) is 13.1. The van der Waals surface area contributed by atoms with Crippen LogP contribution < -0.4 is 10.2 Å². The first-order valence-corrected chi connectivity index (χ1v) is 9.51. The number of hydrogen-bond acceptors (Lipinski definition) is 3. The molecule has 0 saturated carbocycles. The van der Waals surface area contributed by atoms with Gasteiger partial charge < -0.3 is 15.0 Å². The lowest BCUT2D eigenvalue weighted by Crippen LogP contribution is -2.48. The number of carbonyl (C=O) groups excluding carboxylic acids is 1. The monoisotopic (exact) mass is 370 g/mol. The topological polar surface area (TPSA) is 41.6 Å². The summed E-state index contributed by atoms with van der Waals surface area (Å²) < 4.78 is 19.3. The van der Waals surface area contributed by atoms with Gasteiger partial charge in [-0.25, -0.2) is 4.39 Å². The zero-order valence-electron chi connectivity index (χ0n) is 15.8. The van der Waals surface area contributed by atoms with Gasteiger partial charge >= 0.3 is 0 Å². The highest BCUT2D eigenvalue weighted by Crippen LogP contribution is 2.35. The standard InChI is InChI=1S/C22H27FN2O2/c1-25(20-11-6-5-10-19(20)23)15-7-14-24-21(26)22(12-16-27-17-13-22)18-8-3-2-4-9-18/h2-6,8-11H,7,12-17H2,1H3,(H,24,26). The van der Waals surface area contributed by atoms with E-state index in [-0.39, 0.29) is 11.7 Å². The summed E-state index contributed by atoms with van der Waals surface area (Å²) in [5.74, 6) is -0.167. The molecule has 1 aliphatic heterocycles. The summed E-state index contributed by atoms with van der Waals surface area (Å²) in [5.41, 5.74) is 1.11. The minimum absolute atomic E-state index is 0.0607. The van der Waals surface area contributed by atoms with E-state index in [1.54, 1.807) is 12.1 Å². The van der Waals surface area contributed by atoms with E-state index in [4.69, 9.17) is 4.74 Å². The van der Waals surface area contributed by atoms with E-state index in [2.05, 4.69) is 5.32 Å². The van der Waals surface area contributed by atoms with Crippen molar-refractivity contribution in [1.29, 1.82) is 0 Å². The lowest BCUT2D eigenvalue weighted by atomic mass is 9.73. The molecule has 1 N–H and O–H groups in total. The molecule has 0 atom stereocenters. The number of anilines is 1. The number of carbonyl (C=O) groups is 1. The van der Waals surface area contributed by atoms with Crippen molar-refractivity contribution in [2.45, 2.75) is 24.7 Å². The lowest BCUT2D eigenvalue weighted by Gasteiger charge is -2.36. The van der Waals surface area contributed by atoms with Crippen LogP contribution in [0.5, 0.6) is 0 Å². The van der Waals surface area contributed by atoms with E-state index in [1.807, 2.05) is 48.3 Å². The maximum absolute atomic E-state index is 13.8. The molecule has 0 radical (unpaired) electrons. The molecule has 2 aromatic carbocycles. The van der Waals surface area contributed by atoms with Crippen molar-refractivity contribution in [2.24, 2.45) is 0 Å². The smallest absolute Gasteiger partial charge is 0.230 e. The molecule has 3 rings (SSSR count). The molecule has 1 heterocycles. The summed E-state index contributed by atoms with van der Waals surface area (Å²) in [6.45, 7) is 2.42. The van der Waals surface area contributed by atoms with Gasteiger partial charge in [-0.2, -0.15) is 0 Å². The van der Waals surface area contributed by atoms with Gasteiger partial charge in [0.25, 0.3) is 0 Å². The van der Waals surface area contributed by atoms with Crippen molar-refractivity contribution >= 4 is 11.6 Å². The average Bonchev–Trinajstić information content (AvgIpc) is 2.72. The highest BCUT2D eigenvalue weighted by Gasteiger charge is 2.41. The highest BCUT2D eigenvalue weighted by atomic mass is 19.1. The molecule has 27 heavy (non-hydrogen) atoms. The quantitative estimate of drug-likeness (QED) is 0.759. The number of benzene rings is 2. The van der Waals surface area contributed by atoms with Crippen LogP contribution in [-0.2, 0) is 14.9 Å². The van der Waals surface area contributed by atoms with Crippen LogP contribution in [0.25, 0.3) is 0 Å². The van der Waals surface area contributed by atoms with Gasteiger partial charge in [0.1, 0.15) is 5.82 Å². The fourth-order valence-corrected chi connectivity index (χ4v) is 3.69. The molecule has 1 aliphatic rings. The van der Waals surface area contributed by atoms with Crippen molar-refractivity contribution in [3.8, 4) is 0 Å². The lowest BCUT2D eigenvalue weighted by molar-refractivity contribution is -0.130. The zero-order valence-corrected chi connectivity index (χ0v) is 15.8. The summed E-state index contributed by atoms with van der Waals surface area (Å²) >= 11 is 0. The number of para-hydroxylation sites is 1. The number of nitrogens with one attached hydrogen (secondary N) is 1. The molecule has 0 aromatic heterocycles. The van der Waals surface area contributed by atoms with Gasteiger partial charge in [0, 0.05) is 33.4 Å². The number of ether oxygens (including phenoxy) is 1. The number of halogens is 1. The minimum Gasteiger partial charge on any atom is -0.381 e. The Hall–Kier alpha value is -2.40. The Labute approximate surface area is 160 Å². The molecule has 1 saturated heterocycles. The predicted octanol–water partition coefficient (Wildman–Crippen LogP) is 3.52. The van der Waals surface area contributed by atoms with E-state index < -0.39 is 5.41 Å². The normalized spacial score (nSPS) is 15.9. The Balaban J connectivity index is 1.56. The Morgan fingerprint density at radius 1 is 1.11 bits per heavy atom. The minimum atomic E-state index is -0.517. The fourth-order valence-electron chi connectivity index (χ4n) is 3.69. The van der Waals surface area contributed by atoms with E-state index in [1.165, 1.54) is 6.07 Å². The summed E-state index contributed by atoms with van der Waals surface area (Å²) in [4.78, 5) is 14.9. The Morgan fingerprint density at radius 2 is 1.78 bits per heavy atom. The number of nitrogens with zero attached hydrogens (tertiary/aromatic N) is 1. The maximum atomic E-state index is 13.8. The molecular formula is C22H27FN2O2. The van der Waals surface area contributed by atoms with E-state index >= 15 is 0 Å². The third-order valence-electron chi connectivity index (χ3n) is 5.33. The Kier molecular flexibility index (Phi) is 6.45. The van der Waals surface area contributed by atoms with Crippen molar-refractivity contribution in [3.63, 3.8) is 0 Å². The Morgan fingerprint density at radius 3 is 2.48 bits per heavy atom. The van der Waals surface area contributed by atoms with Gasteiger partial charge in [0.15, 0.2) is 0 Å². The summed E-state index contributed by atoms with van der Waals surface area (Å²) in [6, 6.07) is 16.7. The van der Waals surface area contributed by atoms with Crippen LogP contribution in [0.3, 0.4) is 0 Å². The molecule has 0 aliphatic carbocycles. The molecule has 144 valence electrons. The van der Waals surface area contributed by atoms with Crippen molar-refractivity contribution < 1.29 is 13.9 Å². The predicted molar refractivity (Wildman–Crippen MR) is 105 cm³/mol. The van der Waals surface area contributed by atoms with Crippen molar-refractivity contribution in [3.05, 3.63) is 66.0 Å². The molecule has 1 amide bonds. The van der Waals surface area contributed by atoms with Gasteiger partial charge in [-0.15, -0.1) is 0 Å². The highest BCUT2D eigenvalue weighted by molar-refractivity contribution is 5.88. The van der Waals surface area contributed by atoms with Crippen LogP contribution in [-0.4, -0.2) is 39.3 Å². The number of hydrogen-bond donors (Lipinski definition) is 1. The van der Waals surface area contributed by atoms with E-state index in [0.29, 0.717) is 44.8 Å². The first-order valence-electron chi connectivity index (χ1n) is 9.51. The molecule has 4 nitrogen and oxygen atoms in total. The van der Waals surface area contributed by atoms with Gasteiger partial charge in [0.2, 0.25) is 5.91 Å². The summed E-state index contributed by atoms with van der Waals surface area (Å²) in [5, 5.41) is 3.10. The van der Waals surface area contributed by atoms with E-state index in [9.17, 15) is 9.18 Å².